The molecule has 0 atom stereocenters. The van der Waals surface area contributed by atoms with Crippen LogP contribution >= 0.6 is 15.9 Å². The van der Waals surface area contributed by atoms with E-state index in [0.717, 1.165) is 10.0 Å². The van der Waals surface area contributed by atoms with Crippen LogP contribution in [-0.2, 0) is 0 Å². The highest BCUT2D eigenvalue weighted by Crippen LogP contribution is 2.23. The second-order valence-corrected chi connectivity index (χ2v) is 6.53. The highest BCUT2D eigenvalue weighted by Gasteiger charge is 2.14. The minimum Gasteiger partial charge on any atom is -0.457 e. The van der Waals surface area contributed by atoms with Crippen LogP contribution in [0.2, 0.25) is 0 Å². The summed E-state index contributed by atoms with van der Waals surface area (Å²) in [5.74, 6) is -0.582. The second-order valence-electron chi connectivity index (χ2n) is 5.62. The van der Waals surface area contributed by atoms with Gasteiger partial charge in [0, 0.05) is 15.6 Å². The number of hydrazone groups is 1. The van der Waals surface area contributed by atoms with Gasteiger partial charge in [0.25, 0.3) is 5.91 Å². The molecule has 136 valence electrons. The number of furan rings is 1. The third-order valence-corrected chi connectivity index (χ3v) is 4.04. The number of nitrogens with zero attached hydrogens (tertiary/aromatic N) is 1. The molecule has 1 amide bonds. The van der Waals surface area contributed by atoms with Crippen molar-refractivity contribution in [2.24, 2.45) is 5.10 Å². The Hall–Kier alpha value is -3.19. The topological polar surface area (TPSA) is 80.9 Å². The zero-order valence-electron chi connectivity index (χ0n) is 14.3. The number of amides is 1. The molecule has 0 spiro atoms. The highest BCUT2D eigenvalue weighted by molar-refractivity contribution is 9.10. The molecule has 0 saturated heterocycles. The maximum atomic E-state index is 12.1. The fourth-order valence-electron chi connectivity index (χ4n) is 2.27. The van der Waals surface area contributed by atoms with E-state index in [1.807, 2.05) is 13.0 Å². The molecule has 0 bridgehead atoms. The summed E-state index contributed by atoms with van der Waals surface area (Å²) in [4.78, 5) is 24.2. The van der Waals surface area contributed by atoms with Gasteiger partial charge in [-0.1, -0.05) is 33.6 Å². The van der Waals surface area contributed by atoms with Gasteiger partial charge in [0.15, 0.2) is 0 Å². The summed E-state index contributed by atoms with van der Waals surface area (Å²) in [5.41, 5.74) is 4.45. The van der Waals surface area contributed by atoms with Gasteiger partial charge in [-0.25, -0.2) is 10.2 Å². The highest BCUT2D eigenvalue weighted by atomic mass is 79.9. The summed E-state index contributed by atoms with van der Waals surface area (Å²) in [7, 11) is 0. The molecule has 7 heteroatoms. The van der Waals surface area contributed by atoms with Crippen LogP contribution in [0.1, 0.15) is 32.0 Å². The average Bonchev–Trinajstić information content (AvgIpc) is 3.18. The van der Waals surface area contributed by atoms with E-state index in [0.29, 0.717) is 11.1 Å². The SMILES string of the molecule is Cc1cccc(C(=O)N/N=C\c2cc(Br)ccc2OC(=O)c2ccco2)c1. The number of hydrogen-bond donors (Lipinski definition) is 1. The maximum Gasteiger partial charge on any atom is 0.379 e. The van der Waals surface area contributed by atoms with E-state index >= 15 is 0 Å². The molecule has 0 fully saturated rings. The van der Waals surface area contributed by atoms with Crippen LogP contribution in [0.4, 0.5) is 0 Å². The van der Waals surface area contributed by atoms with Crippen molar-refractivity contribution in [3.63, 3.8) is 0 Å². The minimum absolute atomic E-state index is 0.0913. The molecule has 1 heterocycles. The van der Waals surface area contributed by atoms with Gasteiger partial charge in [-0.3, -0.25) is 4.79 Å². The molecule has 2 aromatic carbocycles. The molecule has 0 saturated carbocycles. The summed E-state index contributed by atoms with van der Waals surface area (Å²) in [5, 5.41) is 3.96. The molecule has 1 aromatic heterocycles. The first-order chi connectivity index (χ1) is 13.0. The monoisotopic (exact) mass is 426 g/mol. The molecule has 0 aliphatic rings. The number of aryl methyl sites for hydroxylation is 1. The molecule has 0 unspecified atom stereocenters. The van der Waals surface area contributed by atoms with Crippen LogP contribution in [-0.4, -0.2) is 18.1 Å². The number of carbonyl (C=O) groups excluding carboxylic acids is 2. The van der Waals surface area contributed by atoms with E-state index in [1.165, 1.54) is 18.5 Å². The third kappa shape index (κ3) is 4.92. The molecule has 0 aliphatic carbocycles. The van der Waals surface area contributed by atoms with Gasteiger partial charge in [-0.05, 0) is 49.4 Å². The van der Waals surface area contributed by atoms with Gasteiger partial charge < -0.3 is 9.15 Å². The number of rotatable bonds is 5. The van der Waals surface area contributed by atoms with Crippen molar-refractivity contribution >= 4 is 34.0 Å². The fraction of sp³-hybridized carbons (Fsp3) is 0.0500. The van der Waals surface area contributed by atoms with Gasteiger partial charge >= 0.3 is 5.97 Å². The maximum absolute atomic E-state index is 12.1. The van der Waals surface area contributed by atoms with Crippen molar-refractivity contribution in [1.82, 2.24) is 5.43 Å². The van der Waals surface area contributed by atoms with E-state index in [4.69, 9.17) is 9.15 Å². The lowest BCUT2D eigenvalue weighted by molar-refractivity contribution is 0.0701. The molecule has 0 aliphatic heterocycles. The van der Waals surface area contributed by atoms with Crippen LogP contribution in [0.5, 0.6) is 5.75 Å². The molecular formula is C20H15BrN2O4. The summed E-state index contributed by atoms with van der Waals surface area (Å²) in [6.45, 7) is 1.90. The predicted octanol–water partition coefficient (Wildman–Crippen LogP) is 4.33. The Morgan fingerprint density at radius 3 is 2.74 bits per heavy atom. The lowest BCUT2D eigenvalue weighted by Gasteiger charge is -2.07. The van der Waals surface area contributed by atoms with Crippen molar-refractivity contribution in [1.29, 1.82) is 0 Å². The van der Waals surface area contributed by atoms with Crippen molar-refractivity contribution in [2.45, 2.75) is 6.92 Å². The van der Waals surface area contributed by atoms with Crippen molar-refractivity contribution in [2.75, 3.05) is 0 Å². The van der Waals surface area contributed by atoms with Gasteiger partial charge in [-0.15, -0.1) is 0 Å². The van der Waals surface area contributed by atoms with Crippen molar-refractivity contribution in [3.05, 3.63) is 87.8 Å². The van der Waals surface area contributed by atoms with E-state index < -0.39 is 5.97 Å². The molecule has 3 aromatic rings. The summed E-state index contributed by atoms with van der Waals surface area (Å²) >= 11 is 3.36. The number of nitrogens with one attached hydrogen (secondary N) is 1. The van der Waals surface area contributed by atoms with E-state index in [9.17, 15) is 9.59 Å². The number of hydrogen-bond acceptors (Lipinski definition) is 5. The number of halogens is 1. The Balaban J connectivity index is 1.73. The first kappa shape index (κ1) is 18.6. The molecule has 1 N–H and O–H groups in total. The Labute approximate surface area is 164 Å². The summed E-state index contributed by atoms with van der Waals surface area (Å²) in [6.07, 6.45) is 2.80. The largest absolute Gasteiger partial charge is 0.457 e. The molecule has 0 radical (unpaired) electrons. The predicted molar refractivity (Wildman–Crippen MR) is 104 cm³/mol. The van der Waals surface area contributed by atoms with Crippen molar-refractivity contribution in [3.8, 4) is 5.75 Å². The fourth-order valence-corrected chi connectivity index (χ4v) is 2.65. The third-order valence-electron chi connectivity index (χ3n) is 3.55. The minimum atomic E-state index is -0.624. The molecule has 27 heavy (non-hydrogen) atoms. The lowest BCUT2D eigenvalue weighted by atomic mass is 10.1. The zero-order chi connectivity index (χ0) is 19.2. The van der Waals surface area contributed by atoms with Crippen LogP contribution in [0.15, 0.2) is 74.9 Å². The van der Waals surface area contributed by atoms with Crippen molar-refractivity contribution < 1.29 is 18.7 Å². The summed E-state index contributed by atoms with van der Waals surface area (Å²) < 4.78 is 11.1. The summed E-state index contributed by atoms with van der Waals surface area (Å²) in [6, 6.07) is 15.3. The van der Waals surface area contributed by atoms with E-state index in [-0.39, 0.29) is 17.4 Å². The van der Waals surface area contributed by atoms with Gasteiger partial charge in [-0.2, -0.15) is 5.10 Å². The Kier molecular flexibility index (Phi) is 5.83. The average molecular weight is 427 g/mol. The van der Waals surface area contributed by atoms with E-state index in [2.05, 4.69) is 26.5 Å². The quantitative estimate of drug-likeness (QED) is 0.285. The lowest BCUT2D eigenvalue weighted by Crippen LogP contribution is -2.17. The number of benzene rings is 2. The number of carbonyl (C=O) groups is 2. The van der Waals surface area contributed by atoms with E-state index in [1.54, 1.807) is 42.5 Å². The van der Waals surface area contributed by atoms with Gasteiger partial charge in [0.05, 0.1) is 12.5 Å². The smallest absolute Gasteiger partial charge is 0.379 e. The van der Waals surface area contributed by atoms with Gasteiger partial charge in [0.2, 0.25) is 5.76 Å². The first-order valence-corrected chi connectivity index (χ1v) is 8.77. The van der Waals surface area contributed by atoms with Crippen LogP contribution in [0.25, 0.3) is 0 Å². The first-order valence-electron chi connectivity index (χ1n) is 7.98. The Bertz CT molecular complexity index is 997. The molecule has 6 nitrogen and oxygen atoms in total. The van der Waals surface area contributed by atoms with Crippen LogP contribution in [0.3, 0.4) is 0 Å². The zero-order valence-corrected chi connectivity index (χ0v) is 15.9. The standard InChI is InChI=1S/C20H15BrN2O4/c1-13-4-2-5-14(10-13)19(24)23-22-12-15-11-16(21)7-8-17(15)27-20(25)18-6-3-9-26-18/h2-12H,1H3,(H,23,24)/b22-12-. The molecule has 3 rings (SSSR count). The number of ether oxygens (including phenoxy) is 1. The number of esters is 1. The normalized spacial score (nSPS) is 10.7. The Morgan fingerprint density at radius 1 is 1.15 bits per heavy atom. The second kappa shape index (κ2) is 8.46. The Morgan fingerprint density at radius 2 is 2.00 bits per heavy atom. The van der Waals surface area contributed by atoms with Crippen LogP contribution < -0.4 is 10.2 Å². The van der Waals surface area contributed by atoms with Gasteiger partial charge in [0.1, 0.15) is 5.75 Å². The molecular weight excluding hydrogens is 412 g/mol. The van der Waals surface area contributed by atoms with Crippen LogP contribution in [0, 0.1) is 6.92 Å².